The van der Waals surface area contributed by atoms with E-state index in [9.17, 15) is 9.90 Å². The number of hydrogen-bond acceptors (Lipinski definition) is 3. The highest BCUT2D eigenvalue weighted by Gasteiger charge is 2.12. The standard InChI is InChI=1S/C17H19ClO3/c1-4-21-17(20)13(3)10-12(2)16(19)15(18)11-14-8-6-5-7-9-14/h5-9,11,16,19H,4H2,1-3H3/b15-11-/t10?,16-/m1/s1. The van der Waals surface area contributed by atoms with E-state index in [1.165, 1.54) is 0 Å². The molecule has 0 spiro atoms. The van der Waals surface area contributed by atoms with Crippen LogP contribution in [0.4, 0.5) is 0 Å². The first kappa shape index (κ1) is 17.3. The van der Waals surface area contributed by atoms with Gasteiger partial charge in [-0.3, -0.25) is 0 Å². The van der Waals surface area contributed by atoms with Gasteiger partial charge in [0.25, 0.3) is 0 Å². The first-order valence-corrected chi connectivity index (χ1v) is 7.04. The minimum absolute atomic E-state index is 0.267. The first-order valence-electron chi connectivity index (χ1n) is 6.67. The van der Waals surface area contributed by atoms with Crippen molar-refractivity contribution in [2.75, 3.05) is 6.61 Å². The lowest BCUT2D eigenvalue weighted by Crippen LogP contribution is -2.09. The molecule has 0 aliphatic carbocycles. The molecule has 1 N–H and O–H groups in total. The maximum Gasteiger partial charge on any atom is 0.341 e. The van der Waals surface area contributed by atoms with Crippen molar-refractivity contribution in [3.8, 4) is 0 Å². The van der Waals surface area contributed by atoms with E-state index in [4.69, 9.17) is 16.3 Å². The minimum atomic E-state index is -1.00. The van der Waals surface area contributed by atoms with E-state index in [-0.39, 0.29) is 5.03 Å². The second-order valence-electron chi connectivity index (χ2n) is 4.50. The summed E-state index contributed by atoms with van der Waals surface area (Å²) in [6.07, 6.45) is 0.674. The molecule has 21 heavy (non-hydrogen) atoms. The van der Waals surface area contributed by atoms with Crippen LogP contribution >= 0.6 is 11.6 Å². The van der Waals surface area contributed by atoms with Crippen LogP contribution in [0.15, 0.2) is 52.2 Å². The van der Waals surface area contributed by atoms with Crippen LogP contribution in [0.5, 0.6) is 0 Å². The molecule has 0 saturated carbocycles. The molecule has 1 atom stereocenters. The molecule has 3 nitrogen and oxygen atoms in total. The topological polar surface area (TPSA) is 46.5 Å². The van der Waals surface area contributed by atoms with E-state index in [0.717, 1.165) is 5.56 Å². The van der Waals surface area contributed by atoms with Gasteiger partial charge in [0.2, 0.25) is 0 Å². The molecule has 0 saturated heterocycles. The van der Waals surface area contributed by atoms with Gasteiger partial charge in [-0.25, -0.2) is 4.79 Å². The Morgan fingerprint density at radius 3 is 2.57 bits per heavy atom. The molecule has 1 aromatic rings. The number of aliphatic hydroxyl groups excluding tert-OH is 1. The maximum absolute atomic E-state index is 11.5. The molecule has 0 aliphatic rings. The van der Waals surface area contributed by atoms with E-state index < -0.39 is 12.1 Å². The Morgan fingerprint density at radius 2 is 2.00 bits per heavy atom. The smallest absolute Gasteiger partial charge is 0.341 e. The number of carbonyl (C=O) groups is 1. The van der Waals surface area contributed by atoms with Gasteiger partial charge >= 0.3 is 5.97 Å². The van der Waals surface area contributed by atoms with Crippen molar-refractivity contribution < 1.29 is 14.6 Å². The molecule has 1 rings (SSSR count). The number of aliphatic hydroxyl groups is 1. The van der Waals surface area contributed by atoms with Gasteiger partial charge in [0, 0.05) is 5.57 Å². The fourth-order valence-corrected chi connectivity index (χ4v) is 1.94. The summed E-state index contributed by atoms with van der Waals surface area (Å²) in [5, 5.41) is 10.4. The fourth-order valence-electron chi connectivity index (χ4n) is 1.65. The van der Waals surface area contributed by atoms with Crippen molar-refractivity contribution in [1.82, 2.24) is 0 Å². The Balaban J connectivity index is 2.96. The van der Waals surface area contributed by atoms with Crippen molar-refractivity contribution in [2.24, 2.45) is 0 Å². The molecule has 1 aromatic carbocycles. The first-order chi connectivity index (χ1) is 9.95. The van der Waals surface area contributed by atoms with Crippen LogP contribution in [0.1, 0.15) is 26.3 Å². The Hall–Kier alpha value is -1.80. The van der Waals surface area contributed by atoms with Gasteiger partial charge < -0.3 is 9.84 Å². The summed E-state index contributed by atoms with van der Waals surface area (Å²) in [5.41, 5.74) is 4.46. The Morgan fingerprint density at radius 1 is 1.38 bits per heavy atom. The van der Waals surface area contributed by atoms with E-state index in [2.05, 4.69) is 5.73 Å². The molecule has 0 fully saturated rings. The third-order valence-electron chi connectivity index (χ3n) is 2.74. The molecular weight excluding hydrogens is 288 g/mol. The largest absolute Gasteiger partial charge is 0.462 e. The van der Waals surface area contributed by atoms with Gasteiger partial charge in [-0.1, -0.05) is 41.9 Å². The number of carbonyl (C=O) groups excluding carboxylic acids is 1. The molecular formula is C17H19ClO3. The predicted molar refractivity (Wildman–Crippen MR) is 84.8 cm³/mol. The number of halogens is 1. The summed E-state index contributed by atoms with van der Waals surface area (Å²) < 4.78 is 4.86. The second-order valence-corrected chi connectivity index (χ2v) is 4.93. The lowest BCUT2D eigenvalue weighted by molar-refractivity contribution is -0.138. The van der Waals surface area contributed by atoms with Crippen molar-refractivity contribution >= 4 is 23.6 Å². The van der Waals surface area contributed by atoms with Crippen LogP contribution in [0.3, 0.4) is 0 Å². The van der Waals surface area contributed by atoms with E-state index in [1.807, 2.05) is 30.3 Å². The van der Waals surface area contributed by atoms with Gasteiger partial charge in [-0.2, -0.15) is 0 Å². The summed E-state index contributed by atoms with van der Waals surface area (Å²) in [6, 6.07) is 9.44. The average molecular weight is 307 g/mol. The summed E-state index contributed by atoms with van der Waals surface area (Å²) in [6.45, 7) is 5.28. The summed E-state index contributed by atoms with van der Waals surface area (Å²) in [5.74, 6) is -0.452. The Bertz CT molecular complexity index is 581. The molecule has 0 heterocycles. The predicted octanol–water partition coefficient (Wildman–Crippen LogP) is 3.68. The monoisotopic (exact) mass is 306 g/mol. The normalized spacial score (nSPS) is 12.3. The highest BCUT2D eigenvalue weighted by molar-refractivity contribution is 6.32. The Kier molecular flexibility index (Phi) is 6.97. The van der Waals surface area contributed by atoms with Gasteiger partial charge in [0.15, 0.2) is 0 Å². The van der Waals surface area contributed by atoms with E-state index in [0.29, 0.717) is 17.8 Å². The van der Waals surface area contributed by atoms with Gasteiger partial charge in [0.05, 0.1) is 17.2 Å². The zero-order valence-corrected chi connectivity index (χ0v) is 13.1. The average Bonchev–Trinajstić information content (AvgIpc) is 2.47. The van der Waals surface area contributed by atoms with Gasteiger partial charge in [0.1, 0.15) is 6.10 Å². The Labute approximate surface area is 130 Å². The molecule has 0 unspecified atom stereocenters. The maximum atomic E-state index is 11.5. The summed E-state index contributed by atoms with van der Waals surface area (Å²) in [7, 11) is 0. The van der Waals surface area contributed by atoms with E-state index >= 15 is 0 Å². The van der Waals surface area contributed by atoms with Crippen LogP contribution in [-0.4, -0.2) is 23.8 Å². The number of hydrogen-bond donors (Lipinski definition) is 1. The zero-order valence-electron chi connectivity index (χ0n) is 12.4. The van der Waals surface area contributed by atoms with Crippen molar-refractivity contribution in [2.45, 2.75) is 26.9 Å². The summed E-state index contributed by atoms with van der Waals surface area (Å²) >= 11 is 6.11. The number of ether oxygens (including phenoxy) is 1. The quantitative estimate of drug-likeness (QED) is 0.513. The lowest BCUT2D eigenvalue weighted by atomic mass is 10.1. The SMILES string of the molecule is CCOC(=O)C(C)=C=C(C)[C@@H](O)/C(Cl)=C/c1ccccc1. The van der Waals surface area contributed by atoms with Crippen molar-refractivity contribution in [1.29, 1.82) is 0 Å². The van der Waals surface area contributed by atoms with Gasteiger partial charge in [-0.05, 0) is 32.4 Å². The molecule has 4 heteroatoms. The van der Waals surface area contributed by atoms with Crippen LogP contribution in [0.2, 0.25) is 0 Å². The summed E-state index contributed by atoms with van der Waals surface area (Å²) in [4.78, 5) is 11.5. The number of esters is 1. The fraction of sp³-hybridized carbons (Fsp3) is 0.294. The molecule has 0 radical (unpaired) electrons. The minimum Gasteiger partial charge on any atom is -0.462 e. The molecule has 0 aromatic heterocycles. The second kappa shape index (κ2) is 8.48. The third kappa shape index (κ3) is 5.60. The van der Waals surface area contributed by atoms with Crippen LogP contribution < -0.4 is 0 Å². The molecule has 0 bridgehead atoms. The van der Waals surface area contributed by atoms with Crippen LogP contribution in [0, 0.1) is 0 Å². The molecule has 0 amide bonds. The van der Waals surface area contributed by atoms with Gasteiger partial charge in [-0.15, -0.1) is 5.73 Å². The van der Waals surface area contributed by atoms with Crippen molar-refractivity contribution in [3.05, 3.63) is 57.8 Å². The highest BCUT2D eigenvalue weighted by Crippen LogP contribution is 2.19. The number of benzene rings is 1. The molecule has 112 valence electrons. The molecule has 0 aliphatic heterocycles. The van der Waals surface area contributed by atoms with Crippen molar-refractivity contribution in [3.63, 3.8) is 0 Å². The van der Waals surface area contributed by atoms with Crippen LogP contribution in [0.25, 0.3) is 6.08 Å². The van der Waals surface area contributed by atoms with Crippen LogP contribution in [-0.2, 0) is 9.53 Å². The lowest BCUT2D eigenvalue weighted by Gasteiger charge is -2.09. The zero-order chi connectivity index (χ0) is 15.8. The highest BCUT2D eigenvalue weighted by atomic mass is 35.5. The third-order valence-corrected chi connectivity index (χ3v) is 3.06. The number of rotatable bonds is 5. The van der Waals surface area contributed by atoms with E-state index in [1.54, 1.807) is 26.8 Å².